The second-order valence-electron chi connectivity index (χ2n) is 13.9. The zero-order chi connectivity index (χ0) is 37.3. The van der Waals surface area contributed by atoms with Crippen molar-refractivity contribution in [1.29, 1.82) is 0 Å². The summed E-state index contributed by atoms with van der Waals surface area (Å²) in [7, 11) is 0. The molecule has 2 heterocycles. The van der Waals surface area contributed by atoms with E-state index in [4.69, 9.17) is 19.9 Å². The predicted molar refractivity (Wildman–Crippen MR) is 231 cm³/mol. The van der Waals surface area contributed by atoms with Crippen LogP contribution in [0.5, 0.6) is 0 Å². The molecule has 4 nitrogen and oxygen atoms in total. The number of nitrogens with zero attached hydrogens (tertiary/aromatic N) is 4. The lowest BCUT2D eigenvalue weighted by atomic mass is 9.96. The fraction of sp³-hybridized carbons (Fsp3) is 0. The number of hydrogen-bond acceptors (Lipinski definition) is 4. The Morgan fingerprint density at radius 1 is 0.250 bits per heavy atom. The zero-order valence-corrected chi connectivity index (χ0v) is 30.4. The molecule has 0 N–H and O–H groups in total. The van der Waals surface area contributed by atoms with E-state index in [-0.39, 0.29) is 0 Å². The summed E-state index contributed by atoms with van der Waals surface area (Å²) in [6.07, 6.45) is 1.96. The summed E-state index contributed by atoms with van der Waals surface area (Å²) in [4.78, 5) is 20.0. The van der Waals surface area contributed by atoms with Crippen molar-refractivity contribution in [3.63, 3.8) is 0 Å². The van der Waals surface area contributed by atoms with Crippen molar-refractivity contribution >= 4 is 21.7 Å². The zero-order valence-electron chi connectivity index (χ0n) is 30.4. The molecule has 0 saturated carbocycles. The van der Waals surface area contributed by atoms with Crippen LogP contribution in [0.4, 0.5) is 0 Å². The first kappa shape index (κ1) is 33.0. The maximum Gasteiger partial charge on any atom is 0.164 e. The van der Waals surface area contributed by atoms with Crippen LogP contribution in [0.2, 0.25) is 0 Å². The third-order valence-electron chi connectivity index (χ3n) is 10.4. The smallest absolute Gasteiger partial charge is 0.164 e. The van der Waals surface area contributed by atoms with Gasteiger partial charge in [0.15, 0.2) is 17.5 Å². The maximum atomic E-state index is 5.09. The molecule has 0 unspecified atom stereocenters. The highest BCUT2D eigenvalue weighted by Gasteiger charge is 2.14. The van der Waals surface area contributed by atoms with Crippen molar-refractivity contribution in [3.05, 3.63) is 206 Å². The van der Waals surface area contributed by atoms with Crippen LogP contribution >= 0.6 is 0 Å². The van der Waals surface area contributed by atoms with Crippen molar-refractivity contribution in [2.24, 2.45) is 0 Å². The number of rotatable bonds is 7. The van der Waals surface area contributed by atoms with Gasteiger partial charge in [0.2, 0.25) is 0 Å². The molecular weight excluding hydrogens is 681 g/mol. The standard InChI is InChI=1S/C52H34N4/c1-3-11-35(12-4-1)37-21-25-39(26-22-37)50-54-51(40-27-23-38(24-28-40)36-13-5-2-6-14-36)56-52(55-50)45-19-10-18-43(32-45)41-16-9-17-42(31-41)44-29-30-48-47-20-8-7-15-46(47)34-53-49(48)33-44/h1-34H. The van der Waals surface area contributed by atoms with Gasteiger partial charge in [-0.2, -0.15) is 0 Å². The second-order valence-corrected chi connectivity index (χ2v) is 13.9. The molecule has 0 aliphatic heterocycles. The fourth-order valence-electron chi connectivity index (χ4n) is 7.40. The van der Waals surface area contributed by atoms with Gasteiger partial charge < -0.3 is 0 Å². The lowest BCUT2D eigenvalue weighted by Crippen LogP contribution is -2.00. The van der Waals surface area contributed by atoms with E-state index in [2.05, 4.69) is 188 Å². The minimum Gasteiger partial charge on any atom is -0.256 e. The Morgan fingerprint density at radius 3 is 1.21 bits per heavy atom. The molecule has 0 bridgehead atoms. The highest BCUT2D eigenvalue weighted by Crippen LogP contribution is 2.33. The number of fused-ring (bicyclic) bond motifs is 3. The summed E-state index contributed by atoms with van der Waals surface area (Å²) in [6.45, 7) is 0. The lowest BCUT2D eigenvalue weighted by molar-refractivity contribution is 1.07. The Hall–Kier alpha value is -7.56. The Morgan fingerprint density at radius 2 is 0.643 bits per heavy atom. The summed E-state index contributed by atoms with van der Waals surface area (Å²) in [5.74, 6) is 1.87. The SMILES string of the molecule is c1ccc(-c2ccc(-c3nc(-c4ccc(-c5ccccc5)cc4)nc(-c4cccc(-c5cccc(-c6ccc7c(c6)ncc6ccccc67)c5)c4)n3)cc2)cc1. The van der Waals surface area contributed by atoms with E-state index >= 15 is 0 Å². The first-order valence-electron chi connectivity index (χ1n) is 18.8. The second kappa shape index (κ2) is 14.3. The van der Waals surface area contributed by atoms with Crippen molar-refractivity contribution in [2.45, 2.75) is 0 Å². The molecule has 0 saturated heterocycles. The molecule has 56 heavy (non-hydrogen) atoms. The molecule has 10 aromatic rings. The van der Waals surface area contributed by atoms with Gasteiger partial charge in [-0.25, -0.2) is 15.0 Å². The van der Waals surface area contributed by atoms with Gasteiger partial charge in [0.05, 0.1) is 5.52 Å². The predicted octanol–water partition coefficient (Wildman–Crippen LogP) is 13.2. The van der Waals surface area contributed by atoms with Crippen LogP contribution in [0.25, 0.3) is 100 Å². The minimum atomic E-state index is 0.620. The van der Waals surface area contributed by atoms with Crippen molar-refractivity contribution in [3.8, 4) is 78.7 Å². The molecular formula is C52H34N4. The van der Waals surface area contributed by atoms with Crippen LogP contribution in [-0.2, 0) is 0 Å². The van der Waals surface area contributed by atoms with Crippen LogP contribution in [0.15, 0.2) is 206 Å². The van der Waals surface area contributed by atoms with Crippen LogP contribution < -0.4 is 0 Å². The van der Waals surface area contributed by atoms with Gasteiger partial charge in [-0.05, 0) is 68.1 Å². The van der Waals surface area contributed by atoms with E-state index in [0.29, 0.717) is 17.5 Å². The van der Waals surface area contributed by atoms with Gasteiger partial charge in [0.25, 0.3) is 0 Å². The van der Waals surface area contributed by atoms with E-state index in [1.165, 1.54) is 16.5 Å². The summed E-state index contributed by atoms with van der Waals surface area (Å²) >= 11 is 0. The molecule has 262 valence electrons. The fourth-order valence-corrected chi connectivity index (χ4v) is 7.40. The van der Waals surface area contributed by atoms with Crippen LogP contribution in [-0.4, -0.2) is 19.9 Å². The molecule has 0 amide bonds. The van der Waals surface area contributed by atoms with Crippen LogP contribution in [0, 0.1) is 0 Å². The summed E-state index contributed by atoms with van der Waals surface area (Å²) < 4.78 is 0. The third-order valence-corrected chi connectivity index (χ3v) is 10.4. The molecule has 10 rings (SSSR count). The molecule has 0 aliphatic carbocycles. The molecule has 2 aromatic heterocycles. The van der Waals surface area contributed by atoms with E-state index in [9.17, 15) is 0 Å². The van der Waals surface area contributed by atoms with E-state index < -0.39 is 0 Å². The summed E-state index contributed by atoms with van der Waals surface area (Å²) in [5.41, 5.74) is 12.8. The maximum absolute atomic E-state index is 5.09. The summed E-state index contributed by atoms with van der Waals surface area (Å²) in [6, 6.07) is 69.8. The van der Waals surface area contributed by atoms with Gasteiger partial charge in [-0.1, -0.05) is 182 Å². The normalized spacial score (nSPS) is 11.2. The van der Waals surface area contributed by atoms with Crippen molar-refractivity contribution in [1.82, 2.24) is 19.9 Å². The lowest BCUT2D eigenvalue weighted by Gasteiger charge is -2.11. The molecule has 8 aromatic carbocycles. The van der Waals surface area contributed by atoms with Gasteiger partial charge in [-0.3, -0.25) is 4.98 Å². The average Bonchev–Trinajstić information content (AvgIpc) is 3.29. The highest BCUT2D eigenvalue weighted by atomic mass is 15.0. The monoisotopic (exact) mass is 714 g/mol. The van der Waals surface area contributed by atoms with Crippen LogP contribution in [0.1, 0.15) is 0 Å². The average molecular weight is 715 g/mol. The Bertz CT molecular complexity index is 2890. The third kappa shape index (κ3) is 6.50. The number of aromatic nitrogens is 4. The van der Waals surface area contributed by atoms with Crippen molar-refractivity contribution in [2.75, 3.05) is 0 Å². The molecule has 0 radical (unpaired) electrons. The molecule has 0 atom stereocenters. The van der Waals surface area contributed by atoms with Crippen molar-refractivity contribution < 1.29 is 0 Å². The van der Waals surface area contributed by atoms with Gasteiger partial charge in [0, 0.05) is 33.7 Å². The molecule has 0 fully saturated rings. The topological polar surface area (TPSA) is 51.6 Å². The van der Waals surface area contributed by atoms with E-state index in [0.717, 1.165) is 66.4 Å². The number of benzene rings is 8. The quantitative estimate of drug-likeness (QED) is 0.154. The van der Waals surface area contributed by atoms with Gasteiger partial charge >= 0.3 is 0 Å². The molecule has 4 heteroatoms. The number of pyridine rings is 1. The Labute approximate surface area is 325 Å². The summed E-state index contributed by atoms with van der Waals surface area (Å²) in [5, 5.41) is 3.52. The first-order chi connectivity index (χ1) is 27.7. The highest BCUT2D eigenvalue weighted by molar-refractivity contribution is 6.06. The van der Waals surface area contributed by atoms with Gasteiger partial charge in [0.1, 0.15) is 0 Å². The van der Waals surface area contributed by atoms with Crippen LogP contribution in [0.3, 0.4) is 0 Å². The first-order valence-corrected chi connectivity index (χ1v) is 18.8. The largest absolute Gasteiger partial charge is 0.256 e. The Balaban J connectivity index is 1.03. The number of hydrogen-bond donors (Lipinski definition) is 0. The molecule has 0 spiro atoms. The Kier molecular flexibility index (Phi) is 8.47. The van der Waals surface area contributed by atoms with Gasteiger partial charge in [-0.15, -0.1) is 0 Å². The molecule has 0 aliphatic rings. The van der Waals surface area contributed by atoms with E-state index in [1.807, 2.05) is 18.3 Å². The minimum absolute atomic E-state index is 0.620. The van der Waals surface area contributed by atoms with E-state index in [1.54, 1.807) is 0 Å².